The molecule has 0 saturated carbocycles. The fraction of sp³-hybridized carbons (Fsp3) is 0.0455. The molecule has 0 amide bonds. The highest BCUT2D eigenvalue weighted by Crippen LogP contribution is 2.29. The molecule has 4 aromatic rings. The van der Waals surface area contributed by atoms with Crippen LogP contribution in [0.2, 0.25) is 0 Å². The maximum absolute atomic E-state index is 12.8. The van der Waals surface area contributed by atoms with Gasteiger partial charge < -0.3 is 9.72 Å². The lowest BCUT2D eigenvalue weighted by atomic mass is 10.1. The number of benzene rings is 2. The van der Waals surface area contributed by atoms with Crippen LogP contribution in [0.15, 0.2) is 72.9 Å². The van der Waals surface area contributed by atoms with Gasteiger partial charge in [-0.05, 0) is 23.8 Å². The van der Waals surface area contributed by atoms with Crippen molar-refractivity contribution in [1.82, 2.24) is 9.97 Å². The van der Waals surface area contributed by atoms with Crippen molar-refractivity contribution in [3.05, 3.63) is 95.4 Å². The second kappa shape index (κ2) is 7.14. The monoisotopic (exact) mass is 353 g/mol. The van der Waals surface area contributed by atoms with Gasteiger partial charge in [-0.2, -0.15) is 5.26 Å². The van der Waals surface area contributed by atoms with Gasteiger partial charge in [0.15, 0.2) is 0 Å². The fourth-order valence-electron chi connectivity index (χ4n) is 2.93. The van der Waals surface area contributed by atoms with Gasteiger partial charge in [-0.1, -0.05) is 48.5 Å². The van der Waals surface area contributed by atoms with Gasteiger partial charge in [0, 0.05) is 17.1 Å². The largest absolute Gasteiger partial charge is 0.487 e. The molecule has 130 valence electrons. The average Bonchev–Trinajstić information content (AvgIpc) is 3.17. The summed E-state index contributed by atoms with van der Waals surface area (Å²) in [5.41, 5.74) is 2.78. The SMILES string of the molecule is N#Cc1cccc(C(=O)c2c[nH]c3c(OCc4ccccc4)cccc23)n1. The summed E-state index contributed by atoms with van der Waals surface area (Å²) in [5.74, 6) is 0.438. The lowest BCUT2D eigenvalue weighted by Crippen LogP contribution is -2.04. The van der Waals surface area contributed by atoms with Gasteiger partial charge in [0.1, 0.15) is 29.8 Å². The van der Waals surface area contributed by atoms with Gasteiger partial charge in [0.2, 0.25) is 5.78 Å². The lowest BCUT2D eigenvalue weighted by Gasteiger charge is -2.07. The number of ether oxygens (including phenoxy) is 1. The summed E-state index contributed by atoms with van der Waals surface area (Å²) >= 11 is 0. The standard InChI is InChI=1S/C22H15N3O2/c23-12-16-8-4-10-19(25-16)22(26)18-13-24-21-17(18)9-5-11-20(21)27-14-15-6-2-1-3-7-15/h1-11,13,24H,14H2. The minimum absolute atomic E-state index is 0.215. The third-order valence-corrected chi connectivity index (χ3v) is 4.26. The number of fused-ring (bicyclic) bond motifs is 1. The Morgan fingerprint density at radius 2 is 1.85 bits per heavy atom. The highest BCUT2D eigenvalue weighted by Gasteiger charge is 2.17. The van der Waals surface area contributed by atoms with E-state index in [1.165, 1.54) is 0 Å². The molecule has 0 aliphatic rings. The molecule has 2 heterocycles. The number of rotatable bonds is 5. The molecule has 4 rings (SSSR count). The molecule has 0 atom stereocenters. The maximum Gasteiger partial charge on any atom is 0.213 e. The highest BCUT2D eigenvalue weighted by molar-refractivity contribution is 6.16. The maximum atomic E-state index is 12.8. The van der Waals surface area contributed by atoms with Gasteiger partial charge in [0.05, 0.1) is 5.52 Å². The van der Waals surface area contributed by atoms with Crippen LogP contribution in [0.4, 0.5) is 0 Å². The van der Waals surface area contributed by atoms with E-state index < -0.39 is 0 Å². The molecule has 2 aromatic heterocycles. The molecule has 5 heteroatoms. The number of H-pyrrole nitrogens is 1. The first-order valence-corrected chi connectivity index (χ1v) is 8.45. The van der Waals surface area contributed by atoms with E-state index in [9.17, 15) is 4.79 Å². The van der Waals surface area contributed by atoms with Crippen LogP contribution in [0.3, 0.4) is 0 Å². The number of carbonyl (C=O) groups excluding carboxylic acids is 1. The van der Waals surface area contributed by atoms with E-state index in [4.69, 9.17) is 10.00 Å². The number of carbonyl (C=O) groups is 1. The van der Waals surface area contributed by atoms with Crippen LogP contribution in [0.5, 0.6) is 5.75 Å². The normalized spacial score (nSPS) is 10.5. The van der Waals surface area contributed by atoms with Crippen molar-refractivity contribution in [3.8, 4) is 11.8 Å². The Kier molecular flexibility index (Phi) is 4.38. The number of ketones is 1. The number of hydrogen-bond donors (Lipinski definition) is 1. The Balaban J connectivity index is 1.66. The third-order valence-electron chi connectivity index (χ3n) is 4.26. The first-order chi connectivity index (χ1) is 13.3. The number of para-hydroxylation sites is 1. The highest BCUT2D eigenvalue weighted by atomic mass is 16.5. The second-order valence-corrected chi connectivity index (χ2v) is 6.00. The third kappa shape index (κ3) is 3.29. The van der Waals surface area contributed by atoms with Crippen LogP contribution < -0.4 is 4.74 Å². The molecule has 0 saturated heterocycles. The average molecular weight is 353 g/mol. The predicted octanol–water partition coefficient (Wildman–Crippen LogP) is 4.24. The Labute approximate surface area is 155 Å². The molecule has 0 radical (unpaired) electrons. The zero-order valence-electron chi connectivity index (χ0n) is 14.3. The molecule has 0 aliphatic carbocycles. The number of aromatic amines is 1. The zero-order chi connectivity index (χ0) is 18.6. The molecule has 0 spiro atoms. The summed E-state index contributed by atoms with van der Waals surface area (Å²) in [7, 11) is 0. The van der Waals surface area contributed by atoms with Crippen molar-refractivity contribution in [2.24, 2.45) is 0 Å². The number of nitrogens with one attached hydrogen (secondary N) is 1. The Bertz CT molecular complexity index is 1160. The molecular formula is C22H15N3O2. The van der Waals surface area contributed by atoms with E-state index in [0.29, 0.717) is 17.9 Å². The molecule has 5 nitrogen and oxygen atoms in total. The molecule has 1 N–H and O–H groups in total. The van der Waals surface area contributed by atoms with Gasteiger partial charge in [-0.15, -0.1) is 0 Å². The smallest absolute Gasteiger partial charge is 0.213 e. The number of pyridine rings is 1. The summed E-state index contributed by atoms with van der Waals surface area (Å²) in [6.07, 6.45) is 1.66. The lowest BCUT2D eigenvalue weighted by molar-refractivity contribution is 0.103. The van der Waals surface area contributed by atoms with Crippen LogP contribution in [-0.4, -0.2) is 15.8 Å². The Morgan fingerprint density at radius 1 is 1.04 bits per heavy atom. The summed E-state index contributed by atoms with van der Waals surface area (Å²) in [4.78, 5) is 20.1. The van der Waals surface area contributed by atoms with Gasteiger partial charge >= 0.3 is 0 Å². The Hall–Kier alpha value is -3.91. The number of hydrogen-bond acceptors (Lipinski definition) is 4. The van der Waals surface area contributed by atoms with E-state index >= 15 is 0 Å². The summed E-state index contributed by atoms with van der Waals surface area (Å²) in [5, 5.41) is 9.75. The van der Waals surface area contributed by atoms with Crippen molar-refractivity contribution < 1.29 is 9.53 Å². The topological polar surface area (TPSA) is 78.8 Å². The molecule has 0 aliphatic heterocycles. The summed E-state index contributed by atoms with van der Waals surface area (Å²) in [6.45, 7) is 0.439. The van der Waals surface area contributed by atoms with Crippen molar-refractivity contribution >= 4 is 16.7 Å². The molecule has 0 fully saturated rings. The van der Waals surface area contributed by atoms with Crippen LogP contribution >= 0.6 is 0 Å². The quantitative estimate of drug-likeness (QED) is 0.544. The number of aromatic nitrogens is 2. The van der Waals surface area contributed by atoms with Gasteiger partial charge in [-0.25, -0.2) is 4.98 Å². The van der Waals surface area contributed by atoms with Crippen LogP contribution in [0.1, 0.15) is 27.3 Å². The zero-order valence-corrected chi connectivity index (χ0v) is 14.3. The van der Waals surface area contributed by atoms with Crippen molar-refractivity contribution in [1.29, 1.82) is 5.26 Å². The molecule has 0 bridgehead atoms. The van der Waals surface area contributed by atoms with E-state index in [0.717, 1.165) is 16.5 Å². The van der Waals surface area contributed by atoms with E-state index in [2.05, 4.69) is 9.97 Å². The van der Waals surface area contributed by atoms with Crippen molar-refractivity contribution in [2.45, 2.75) is 6.61 Å². The summed E-state index contributed by atoms with van der Waals surface area (Å²) in [6, 6.07) is 22.3. The minimum Gasteiger partial charge on any atom is -0.487 e. The van der Waals surface area contributed by atoms with Crippen LogP contribution in [0, 0.1) is 11.3 Å². The molecule has 2 aromatic carbocycles. The fourth-order valence-corrected chi connectivity index (χ4v) is 2.93. The van der Waals surface area contributed by atoms with Crippen LogP contribution in [-0.2, 0) is 6.61 Å². The minimum atomic E-state index is -0.237. The Morgan fingerprint density at radius 3 is 2.67 bits per heavy atom. The first-order valence-electron chi connectivity index (χ1n) is 8.45. The molecule has 27 heavy (non-hydrogen) atoms. The molecule has 0 unspecified atom stereocenters. The number of nitrogens with zero attached hydrogens (tertiary/aromatic N) is 2. The summed E-state index contributed by atoms with van der Waals surface area (Å²) < 4.78 is 5.94. The van der Waals surface area contributed by atoms with Crippen molar-refractivity contribution in [2.75, 3.05) is 0 Å². The van der Waals surface area contributed by atoms with E-state index in [-0.39, 0.29) is 17.2 Å². The van der Waals surface area contributed by atoms with Crippen LogP contribution in [0.25, 0.3) is 10.9 Å². The van der Waals surface area contributed by atoms with Gasteiger partial charge in [0.25, 0.3) is 0 Å². The predicted molar refractivity (Wildman–Crippen MR) is 101 cm³/mol. The second-order valence-electron chi connectivity index (χ2n) is 6.00. The van der Waals surface area contributed by atoms with E-state index in [1.807, 2.05) is 54.6 Å². The van der Waals surface area contributed by atoms with Gasteiger partial charge in [-0.3, -0.25) is 4.79 Å². The number of nitriles is 1. The first kappa shape index (κ1) is 16.6. The van der Waals surface area contributed by atoms with Crippen molar-refractivity contribution in [3.63, 3.8) is 0 Å². The molecular weight excluding hydrogens is 338 g/mol. The van der Waals surface area contributed by atoms with E-state index in [1.54, 1.807) is 24.4 Å².